The number of anilines is 1. The number of urea groups is 1. The molecule has 0 radical (unpaired) electrons. The Morgan fingerprint density at radius 2 is 1.75 bits per heavy atom. The van der Waals surface area contributed by atoms with Gasteiger partial charge < -0.3 is 5.32 Å². The Bertz CT molecular complexity index is 690. The second-order valence-corrected chi connectivity index (χ2v) is 6.58. The van der Waals surface area contributed by atoms with Crippen LogP contribution in [0, 0.1) is 5.92 Å². The quantitative estimate of drug-likeness (QED) is 0.481. The lowest BCUT2D eigenvalue weighted by Crippen LogP contribution is -2.39. The lowest BCUT2D eigenvalue weighted by atomic mass is 10.2. The number of amides is 5. The molecule has 0 unspecified atom stereocenters. The molecule has 8 heteroatoms. The van der Waals surface area contributed by atoms with Gasteiger partial charge in [-0.05, 0) is 24.3 Å². The summed E-state index contributed by atoms with van der Waals surface area (Å²) in [5.74, 6) is -2.34. The largest absolute Gasteiger partial charge is 0.334 e. The number of rotatable bonds is 6. The van der Waals surface area contributed by atoms with Crippen molar-refractivity contribution in [2.45, 2.75) is 18.7 Å². The van der Waals surface area contributed by atoms with Crippen molar-refractivity contribution in [3.63, 3.8) is 0 Å². The SMILES string of the molecule is CSc1ccccc1NC(=O)CN1C(=O)C(=O)N(CC(C)C)C1=O. The van der Waals surface area contributed by atoms with Crippen LogP contribution in [-0.2, 0) is 14.4 Å². The van der Waals surface area contributed by atoms with E-state index in [1.165, 1.54) is 11.8 Å². The Morgan fingerprint density at radius 1 is 1.12 bits per heavy atom. The molecule has 2 rings (SSSR count). The zero-order chi connectivity index (χ0) is 17.9. The normalized spacial score (nSPS) is 14.8. The van der Waals surface area contributed by atoms with Gasteiger partial charge in [-0.1, -0.05) is 26.0 Å². The molecule has 5 amide bonds. The van der Waals surface area contributed by atoms with Crippen LogP contribution >= 0.6 is 11.8 Å². The predicted octanol–water partition coefficient (Wildman–Crippen LogP) is 1.79. The molecule has 1 aromatic rings. The molecule has 0 atom stereocenters. The second kappa shape index (κ2) is 7.48. The third-order valence-electron chi connectivity index (χ3n) is 3.37. The molecule has 0 bridgehead atoms. The first-order valence-corrected chi connectivity index (χ1v) is 8.67. The van der Waals surface area contributed by atoms with Gasteiger partial charge in [0.2, 0.25) is 5.91 Å². The molecule has 7 nitrogen and oxygen atoms in total. The summed E-state index contributed by atoms with van der Waals surface area (Å²) in [6, 6.07) is 6.45. The van der Waals surface area contributed by atoms with E-state index in [-0.39, 0.29) is 12.5 Å². The van der Waals surface area contributed by atoms with E-state index in [0.717, 1.165) is 9.80 Å². The van der Waals surface area contributed by atoms with Crippen molar-refractivity contribution in [1.29, 1.82) is 0 Å². The molecule has 0 spiro atoms. The van der Waals surface area contributed by atoms with Crippen LogP contribution in [0.1, 0.15) is 13.8 Å². The minimum Gasteiger partial charge on any atom is -0.324 e. The third kappa shape index (κ3) is 3.76. The average Bonchev–Trinajstić information content (AvgIpc) is 2.73. The van der Waals surface area contributed by atoms with E-state index in [2.05, 4.69) is 5.32 Å². The number of thioether (sulfide) groups is 1. The van der Waals surface area contributed by atoms with E-state index in [1.54, 1.807) is 12.1 Å². The summed E-state index contributed by atoms with van der Waals surface area (Å²) in [5, 5.41) is 2.66. The van der Waals surface area contributed by atoms with Crippen LogP contribution in [0.4, 0.5) is 10.5 Å². The van der Waals surface area contributed by atoms with E-state index in [9.17, 15) is 19.2 Å². The van der Waals surface area contributed by atoms with Crippen molar-refractivity contribution in [2.75, 3.05) is 24.7 Å². The molecule has 1 aromatic carbocycles. The molecule has 128 valence electrons. The Labute approximate surface area is 144 Å². The zero-order valence-corrected chi connectivity index (χ0v) is 14.6. The predicted molar refractivity (Wildman–Crippen MR) is 90.5 cm³/mol. The molecule has 1 aliphatic heterocycles. The maximum Gasteiger partial charge on any atom is 0.334 e. The minimum absolute atomic E-state index is 0.0351. The maximum absolute atomic E-state index is 12.2. The number of carbonyl (C=O) groups is 4. The van der Waals surface area contributed by atoms with E-state index < -0.39 is 30.3 Å². The highest BCUT2D eigenvalue weighted by Crippen LogP contribution is 2.24. The van der Waals surface area contributed by atoms with Crippen LogP contribution in [0.3, 0.4) is 0 Å². The van der Waals surface area contributed by atoms with Gasteiger partial charge in [-0.2, -0.15) is 0 Å². The number of carbonyl (C=O) groups excluding carboxylic acids is 4. The summed E-state index contributed by atoms with van der Waals surface area (Å²) < 4.78 is 0. The van der Waals surface area contributed by atoms with Crippen molar-refractivity contribution in [3.05, 3.63) is 24.3 Å². The van der Waals surface area contributed by atoms with E-state index in [1.807, 2.05) is 32.2 Å². The molecule has 1 fully saturated rings. The first kappa shape index (κ1) is 18.0. The standard InChI is InChI=1S/C16H19N3O4S/c1-10(2)8-18-14(21)15(22)19(16(18)23)9-13(20)17-11-6-4-5-7-12(11)24-3/h4-7,10H,8-9H2,1-3H3,(H,17,20). The Morgan fingerprint density at radius 3 is 2.38 bits per heavy atom. The van der Waals surface area contributed by atoms with Crippen molar-refractivity contribution >= 4 is 41.2 Å². The van der Waals surface area contributed by atoms with Crippen molar-refractivity contribution in [2.24, 2.45) is 5.92 Å². The number of imide groups is 2. The molecule has 1 N–H and O–H groups in total. The first-order chi connectivity index (χ1) is 11.3. The van der Waals surface area contributed by atoms with Crippen LogP contribution in [-0.4, -0.2) is 52.9 Å². The molecule has 0 aromatic heterocycles. The van der Waals surface area contributed by atoms with E-state index in [4.69, 9.17) is 0 Å². The van der Waals surface area contributed by atoms with Crippen LogP contribution < -0.4 is 5.32 Å². The van der Waals surface area contributed by atoms with Crippen molar-refractivity contribution < 1.29 is 19.2 Å². The lowest BCUT2D eigenvalue weighted by molar-refractivity contribution is -0.143. The number of hydrogen-bond donors (Lipinski definition) is 1. The molecule has 0 saturated carbocycles. The summed E-state index contributed by atoms with van der Waals surface area (Å²) >= 11 is 1.46. The van der Waals surface area contributed by atoms with Crippen molar-refractivity contribution in [3.8, 4) is 0 Å². The fourth-order valence-electron chi connectivity index (χ4n) is 2.30. The topological polar surface area (TPSA) is 86.8 Å². The maximum atomic E-state index is 12.2. The highest BCUT2D eigenvalue weighted by atomic mass is 32.2. The number of para-hydroxylation sites is 1. The summed E-state index contributed by atoms with van der Waals surface area (Å²) in [6.07, 6.45) is 1.88. The monoisotopic (exact) mass is 349 g/mol. The summed E-state index contributed by atoms with van der Waals surface area (Å²) in [4.78, 5) is 50.6. The molecule has 24 heavy (non-hydrogen) atoms. The summed E-state index contributed by atoms with van der Waals surface area (Å²) in [5.41, 5.74) is 0.597. The minimum atomic E-state index is -0.964. The van der Waals surface area contributed by atoms with Gasteiger partial charge >= 0.3 is 17.8 Å². The Kier molecular flexibility index (Phi) is 5.61. The molecule has 1 saturated heterocycles. The Balaban J connectivity index is 2.07. The van der Waals surface area contributed by atoms with Gasteiger partial charge in [-0.25, -0.2) is 9.69 Å². The van der Waals surface area contributed by atoms with Crippen LogP contribution in [0.5, 0.6) is 0 Å². The lowest BCUT2D eigenvalue weighted by Gasteiger charge is -2.17. The van der Waals surface area contributed by atoms with Gasteiger partial charge in [0.1, 0.15) is 6.54 Å². The van der Waals surface area contributed by atoms with Gasteiger partial charge in [-0.3, -0.25) is 19.3 Å². The third-order valence-corrected chi connectivity index (χ3v) is 4.16. The second-order valence-electron chi connectivity index (χ2n) is 5.73. The van der Waals surface area contributed by atoms with Crippen LogP contribution in [0.25, 0.3) is 0 Å². The number of hydrogen-bond acceptors (Lipinski definition) is 5. The molecule has 1 heterocycles. The molecule has 1 aliphatic rings. The van der Waals surface area contributed by atoms with Gasteiger partial charge in [0.25, 0.3) is 0 Å². The Hall–Kier alpha value is -2.35. The average molecular weight is 349 g/mol. The van der Waals surface area contributed by atoms with Crippen LogP contribution in [0.2, 0.25) is 0 Å². The zero-order valence-electron chi connectivity index (χ0n) is 13.7. The number of nitrogens with zero attached hydrogens (tertiary/aromatic N) is 2. The summed E-state index contributed by atoms with van der Waals surface area (Å²) in [7, 11) is 0. The van der Waals surface area contributed by atoms with E-state index >= 15 is 0 Å². The first-order valence-electron chi connectivity index (χ1n) is 7.45. The van der Waals surface area contributed by atoms with Gasteiger partial charge in [0.05, 0.1) is 5.69 Å². The van der Waals surface area contributed by atoms with Gasteiger partial charge in [-0.15, -0.1) is 11.8 Å². The smallest absolute Gasteiger partial charge is 0.324 e. The molecular formula is C16H19N3O4S. The number of nitrogens with one attached hydrogen (secondary N) is 1. The van der Waals surface area contributed by atoms with E-state index in [0.29, 0.717) is 10.6 Å². The highest BCUT2D eigenvalue weighted by molar-refractivity contribution is 7.98. The van der Waals surface area contributed by atoms with Gasteiger partial charge in [0.15, 0.2) is 0 Å². The van der Waals surface area contributed by atoms with Crippen molar-refractivity contribution in [1.82, 2.24) is 9.80 Å². The highest BCUT2D eigenvalue weighted by Gasteiger charge is 2.45. The fourth-order valence-corrected chi connectivity index (χ4v) is 2.85. The fraction of sp³-hybridized carbons (Fsp3) is 0.375. The molecular weight excluding hydrogens is 330 g/mol. The van der Waals surface area contributed by atoms with Crippen LogP contribution in [0.15, 0.2) is 29.2 Å². The summed E-state index contributed by atoms with van der Waals surface area (Å²) in [6.45, 7) is 3.33. The van der Waals surface area contributed by atoms with Gasteiger partial charge in [0, 0.05) is 11.4 Å². The molecule has 0 aliphatic carbocycles. The number of benzene rings is 1.